The van der Waals surface area contributed by atoms with Crippen LogP contribution in [0.3, 0.4) is 0 Å². The summed E-state index contributed by atoms with van der Waals surface area (Å²) in [6, 6.07) is 0.533. The van der Waals surface area contributed by atoms with Crippen molar-refractivity contribution in [3.05, 3.63) is 0 Å². The van der Waals surface area contributed by atoms with Crippen LogP contribution in [0.15, 0.2) is 0 Å². The van der Waals surface area contributed by atoms with Gasteiger partial charge < -0.3 is 4.74 Å². The summed E-state index contributed by atoms with van der Waals surface area (Å²) in [6.45, 7) is 9.69. The first-order valence-electron chi connectivity index (χ1n) is 7.60. The highest BCUT2D eigenvalue weighted by atomic mass is 16.5. The lowest BCUT2D eigenvalue weighted by Gasteiger charge is -2.46. The first kappa shape index (κ1) is 15.3. The topological polar surface area (TPSA) is 49.9 Å². The molecule has 2 atom stereocenters. The molecule has 1 aliphatic heterocycles. The number of ether oxygens (including phenoxy) is 1. The Morgan fingerprint density at radius 3 is 2.40 bits per heavy atom. The fourth-order valence-corrected chi connectivity index (χ4v) is 3.41. The number of esters is 1. The second-order valence-corrected chi connectivity index (χ2v) is 6.58. The number of hydrazine groups is 1. The van der Waals surface area contributed by atoms with Gasteiger partial charge in [0, 0.05) is 12.0 Å². The number of carbonyl (C=O) groups excluding carboxylic acids is 2. The lowest BCUT2D eigenvalue weighted by atomic mass is 10.0. The van der Waals surface area contributed by atoms with Crippen LogP contribution in [0.4, 0.5) is 0 Å². The van der Waals surface area contributed by atoms with E-state index in [0.717, 1.165) is 19.3 Å². The smallest absolute Gasteiger partial charge is 0.327 e. The zero-order chi connectivity index (χ0) is 15.1. The second-order valence-electron chi connectivity index (χ2n) is 6.58. The van der Waals surface area contributed by atoms with Gasteiger partial charge in [-0.3, -0.25) is 9.80 Å². The maximum absolute atomic E-state index is 12.5. The third kappa shape index (κ3) is 2.32. The summed E-state index contributed by atoms with van der Waals surface area (Å²) in [5.41, 5.74) is -0.791. The number of nitrogens with zero attached hydrogens (tertiary/aromatic N) is 2. The fourth-order valence-electron chi connectivity index (χ4n) is 3.41. The zero-order valence-electron chi connectivity index (χ0n) is 13.2. The van der Waals surface area contributed by atoms with Gasteiger partial charge in [0.2, 0.25) is 5.91 Å². The molecule has 2 unspecified atom stereocenters. The van der Waals surface area contributed by atoms with Crippen molar-refractivity contribution in [1.82, 2.24) is 10.0 Å². The van der Waals surface area contributed by atoms with Gasteiger partial charge in [-0.1, -0.05) is 13.8 Å². The van der Waals surface area contributed by atoms with Gasteiger partial charge in [0.25, 0.3) is 0 Å². The highest BCUT2D eigenvalue weighted by molar-refractivity contribution is 5.82. The summed E-state index contributed by atoms with van der Waals surface area (Å²) < 4.78 is 5.20. The molecule has 5 nitrogen and oxygen atoms in total. The van der Waals surface area contributed by atoms with Crippen LogP contribution in [-0.4, -0.2) is 46.1 Å². The minimum absolute atomic E-state index is 0.0603. The van der Waals surface area contributed by atoms with Gasteiger partial charge in [0.15, 0.2) is 0 Å². The monoisotopic (exact) mass is 282 g/mol. The van der Waals surface area contributed by atoms with Gasteiger partial charge in [-0.05, 0) is 40.0 Å². The molecular formula is C15H26N2O3. The molecule has 1 saturated carbocycles. The minimum atomic E-state index is -0.791. The van der Waals surface area contributed by atoms with Crippen molar-refractivity contribution in [2.24, 2.45) is 5.92 Å². The van der Waals surface area contributed by atoms with Gasteiger partial charge in [0.1, 0.15) is 5.54 Å². The van der Waals surface area contributed by atoms with E-state index in [1.807, 2.05) is 37.7 Å². The Labute approximate surface area is 121 Å². The summed E-state index contributed by atoms with van der Waals surface area (Å²) in [5.74, 6) is -0.210. The summed E-state index contributed by atoms with van der Waals surface area (Å²) in [7, 11) is 0. The number of hydrogen-bond donors (Lipinski definition) is 0. The largest absolute Gasteiger partial charge is 0.465 e. The molecule has 1 aliphatic carbocycles. The van der Waals surface area contributed by atoms with E-state index < -0.39 is 5.54 Å². The van der Waals surface area contributed by atoms with E-state index in [-0.39, 0.29) is 29.9 Å². The SMILES string of the molecule is CCOC(=O)C(C)(C)N1C2CCC(C2)N1C(=O)C(C)C. The van der Waals surface area contributed by atoms with Crippen molar-refractivity contribution in [2.45, 2.75) is 71.5 Å². The van der Waals surface area contributed by atoms with E-state index in [9.17, 15) is 9.59 Å². The number of rotatable bonds is 4. The van der Waals surface area contributed by atoms with Crippen LogP contribution in [0.1, 0.15) is 53.9 Å². The Morgan fingerprint density at radius 1 is 1.25 bits per heavy atom. The molecule has 0 aromatic rings. The van der Waals surface area contributed by atoms with Crippen molar-refractivity contribution >= 4 is 11.9 Å². The average molecular weight is 282 g/mol. The predicted octanol–water partition coefficient (Wildman–Crippen LogP) is 1.96. The minimum Gasteiger partial charge on any atom is -0.465 e. The molecule has 2 rings (SSSR count). The summed E-state index contributed by atoms with van der Waals surface area (Å²) >= 11 is 0. The molecule has 1 heterocycles. The Balaban J connectivity index is 2.28. The average Bonchev–Trinajstić information content (AvgIpc) is 2.97. The van der Waals surface area contributed by atoms with Crippen LogP contribution in [0.2, 0.25) is 0 Å². The molecule has 1 saturated heterocycles. The molecule has 2 aliphatic rings. The van der Waals surface area contributed by atoms with Crippen LogP contribution >= 0.6 is 0 Å². The van der Waals surface area contributed by atoms with Gasteiger partial charge in [0.05, 0.1) is 12.6 Å². The van der Waals surface area contributed by atoms with Crippen molar-refractivity contribution in [3.8, 4) is 0 Å². The van der Waals surface area contributed by atoms with Crippen molar-refractivity contribution in [2.75, 3.05) is 6.61 Å². The van der Waals surface area contributed by atoms with Crippen molar-refractivity contribution in [3.63, 3.8) is 0 Å². The molecule has 114 valence electrons. The number of amides is 1. The quantitative estimate of drug-likeness (QED) is 0.740. The molecule has 0 radical (unpaired) electrons. The molecule has 5 heteroatoms. The van der Waals surface area contributed by atoms with E-state index in [2.05, 4.69) is 0 Å². The van der Waals surface area contributed by atoms with E-state index in [4.69, 9.17) is 4.74 Å². The fraction of sp³-hybridized carbons (Fsp3) is 0.867. The predicted molar refractivity (Wildman–Crippen MR) is 75.7 cm³/mol. The first-order valence-corrected chi connectivity index (χ1v) is 7.60. The van der Waals surface area contributed by atoms with E-state index in [1.165, 1.54) is 0 Å². The molecular weight excluding hydrogens is 256 g/mol. The van der Waals surface area contributed by atoms with E-state index in [0.29, 0.717) is 6.61 Å². The maximum atomic E-state index is 12.5. The molecule has 0 aromatic carbocycles. The Bertz CT molecular complexity index is 406. The highest BCUT2D eigenvalue weighted by Gasteiger charge is 2.55. The molecule has 2 bridgehead atoms. The molecule has 1 amide bonds. The van der Waals surface area contributed by atoms with Gasteiger partial charge in [-0.2, -0.15) is 5.01 Å². The molecule has 2 fully saturated rings. The maximum Gasteiger partial charge on any atom is 0.327 e. The van der Waals surface area contributed by atoms with Crippen molar-refractivity contribution in [1.29, 1.82) is 0 Å². The lowest BCUT2D eigenvalue weighted by Crippen LogP contribution is -2.63. The van der Waals surface area contributed by atoms with Gasteiger partial charge in [-0.25, -0.2) is 4.79 Å². The van der Waals surface area contributed by atoms with Gasteiger partial charge in [-0.15, -0.1) is 0 Å². The number of hydrogen-bond acceptors (Lipinski definition) is 4. The summed E-state index contributed by atoms with van der Waals surface area (Å²) in [4.78, 5) is 24.8. The summed E-state index contributed by atoms with van der Waals surface area (Å²) in [5, 5.41) is 3.83. The van der Waals surface area contributed by atoms with Crippen molar-refractivity contribution < 1.29 is 14.3 Å². The number of fused-ring (bicyclic) bond motifs is 2. The number of carbonyl (C=O) groups is 2. The van der Waals surface area contributed by atoms with E-state index >= 15 is 0 Å². The normalized spacial score (nSPS) is 26.4. The van der Waals surface area contributed by atoms with Crippen LogP contribution in [-0.2, 0) is 14.3 Å². The third-order valence-electron chi connectivity index (χ3n) is 4.37. The third-order valence-corrected chi connectivity index (χ3v) is 4.37. The molecule has 0 aromatic heterocycles. The van der Waals surface area contributed by atoms with Crippen LogP contribution in [0.5, 0.6) is 0 Å². The van der Waals surface area contributed by atoms with Crippen LogP contribution < -0.4 is 0 Å². The zero-order valence-corrected chi connectivity index (χ0v) is 13.2. The lowest BCUT2D eigenvalue weighted by molar-refractivity contribution is -0.187. The second kappa shape index (κ2) is 5.35. The van der Waals surface area contributed by atoms with Crippen LogP contribution in [0, 0.1) is 5.92 Å². The highest BCUT2D eigenvalue weighted by Crippen LogP contribution is 2.42. The first-order chi connectivity index (χ1) is 9.30. The molecule has 0 N–H and O–H groups in total. The molecule has 0 spiro atoms. The van der Waals surface area contributed by atoms with E-state index in [1.54, 1.807) is 6.92 Å². The Kier molecular flexibility index (Phi) is 4.09. The molecule has 20 heavy (non-hydrogen) atoms. The van der Waals surface area contributed by atoms with Crippen LogP contribution in [0.25, 0.3) is 0 Å². The summed E-state index contributed by atoms with van der Waals surface area (Å²) in [6.07, 6.45) is 3.06. The van der Waals surface area contributed by atoms with Gasteiger partial charge >= 0.3 is 5.97 Å². The Hall–Kier alpha value is -1.10. The standard InChI is InChI=1S/C15H26N2O3/c1-6-20-14(19)15(4,5)17-12-8-7-11(9-12)16(17)13(18)10(2)3/h10-12H,6-9H2,1-5H3. The Morgan fingerprint density at radius 2 is 1.85 bits per heavy atom.